The predicted octanol–water partition coefficient (Wildman–Crippen LogP) is 2.02. The smallest absolute Gasteiger partial charge is 0.157 e. The van der Waals surface area contributed by atoms with Crippen LogP contribution in [0, 0.1) is 0 Å². The van der Waals surface area contributed by atoms with Crippen LogP contribution >= 0.6 is 11.6 Å². The molecule has 0 bridgehead atoms. The van der Waals surface area contributed by atoms with Gasteiger partial charge >= 0.3 is 0 Å². The number of hydrogen-bond acceptors (Lipinski definition) is 3. The van der Waals surface area contributed by atoms with E-state index in [9.17, 15) is 0 Å². The molecule has 0 amide bonds. The Hall–Kier alpha value is -1.13. The lowest BCUT2D eigenvalue weighted by molar-refractivity contribution is 0.341. The van der Waals surface area contributed by atoms with E-state index in [1.54, 1.807) is 4.52 Å². The molecule has 0 N–H and O–H groups in total. The van der Waals surface area contributed by atoms with Gasteiger partial charge in [0.1, 0.15) is 0 Å². The van der Waals surface area contributed by atoms with Gasteiger partial charge in [-0.1, -0.05) is 11.6 Å². The molecule has 0 spiro atoms. The third-order valence-electron chi connectivity index (χ3n) is 3.19. The molecule has 3 rings (SSSR count). The number of hydrogen-bond donors (Lipinski definition) is 0. The van der Waals surface area contributed by atoms with Crippen LogP contribution in [0.5, 0.6) is 0 Å². The Morgan fingerprint density at radius 2 is 2.12 bits per heavy atom. The zero-order valence-corrected chi connectivity index (χ0v) is 10.4. The number of halogens is 1. The largest absolute Gasteiger partial charge is 0.303 e. The first kappa shape index (κ1) is 11.0. The molecular formula is C12H15ClN4. The highest BCUT2D eigenvalue weighted by atomic mass is 35.5. The lowest BCUT2D eigenvalue weighted by atomic mass is 10.4. The van der Waals surface area contributed by atoms with E-state index < -0.39 is 0 Å². The molecule has 3 heterocycles. The quantitative estimate of drug-likeness (QED) is 0.836. The summed E-state index contributed by atoms with van der Waals surface area (Å²) in [6, 6.07) is 3.67. The van der Waals surface area contributed by atoms with Gasteiger partial charge in [-0.3, -0.25) is 0 Å². The van der Waals surface area contributed by atoms with E-state index >= 15 is 0 Å². The van der Waals surface area contributed by atoms with Crippen LogP contribution in [0.25, 0.3) is 5.65 Å². The second-order valence-electron chi connectivity index (χ2n) is 4.47. The summed E-state index contributed by atoms with van der Waals surface area (Å²) in [4.78, 5) is 6.95. The predicted molar refractivity (Wildman–Crippen MR) is 67.4 cm³/mol. The van der Waals surface area contributed by atoms with Crippen molar-refractivity contribution in [1.29, 1.82) is 0 Å². The van der Waals surface area contributed by atoms with E-state index in [0.717, 1.165) is 24.4 Å². The maximum absolute atomic E-state index is 5.92. The zero-order valence-electron chi connectivity index (χ0n) is 9.64. The molecule has 0 unspecified atom stereocenters. The zero-order chi connectivity index (χ0) is 11.7. The van der Waals surface area contributed by atoms with Crippen molar-refractivity contribution in [1.82, 2.24) is 19.5 Å². The lowest BCUT2D eigenvalue weighted by Gasteiger charge is -2.12. The average molecular weight is 251 g/mol. The van der Waals surface area contributed by atoms with Crippen LogP contribution in [-0.4, -0.2) is 39.1 Å². The van der Waals surface area contributed by atoms with Gasteiger partial charge in [-0.05, 0) is 32.0 Å². The van der Waals surface area contributed by atoms with E-state index in [1.165, 1.54) is 25.9 Å². The molecular weight excluding hydrogens is 236 g/mol. The molecule has 4 nitrogen and oxygen atoms in total. The van der Waals surface area contributed by atoms with Crippen LogP contribution in [0.3, 0.4) is 0 Å². The summed E-state index contributed by atoms with van der Waals surface area (Å²) in [5.41, 5.74) is 0.828. The average Bonchev–Trinajstić information content (AvgIpc) is 2.94. The SMILES string of the molecule is Clc1ccn2nc(CCN3CCCC3)nc2c1. The van der Waals surface area contributed by atoms with Gasteiger partial charge in [0.15, 0.2) is 11.5 Å². The van der Waals surface area contributed by atoms with Crippen molar-refractivity contribution >= 4 is 17.2 Å². The number of pyridine rings is 1. The normalized spacial score (nSPS) is 17.0. The van der Waals surface area contributed by atoms with E-state index in [4.69, 9.17) is 11.6 Å². The first-order chi connectivity index (χ1) is 8.31. The maximum atomic E-state index is 5.92. The number of aromatic nitrogens is 3. The summed E-state index contributed by atoms with van der Waals surface area (Å²) < 4.78 is 1.78. The molecule has 1 aliphatic heterocycles. The van der Waals surface area contributed by atoms with Crippen LogP contribution in [0.4, 0.5) is 0 Å². The van der Waals surface area contributed by atoms with Gasteiger partial charge in [0, 0.05) is 30.3 Å². The van der Waals surface area contributed by atoms with Gasteiger partial charge in [0.05, 0.1) is 0 Å². The summed E-state index contributed by atoms with van der Waals surface area (Å²) in [6.45, 7) is 3.50. The van der Waals surface area contributed by atoms with Gasteiger partial charge in [-0.2, -0.15) is 5.10 Å². The monoisotopic (exact) mass is 250 g/mol. The highest BCUT2D eigenvalue weighted by molar-refractivity contribution is 6.30. The third kappa shape index (κ3) is 2.42. The van der Waals surface area contributed by atoms with Crippen molar-refractivity contribution in [2.24, 2.45) is 0 Å². The van der Waals surface area contributed by atoms with Crippen molar-refractivity contribution in [2.75, 3.05) is 19.6 Å². The van der Waals surface area contributed by atoms with Crippen LogP contribution in [0.1, 0.15) is 18.7 Å². The molecule has 0 saturated carbocycles. The summed E-state index contributed by atoms with van der Waals surface area (Å²) >= 11 is 5.92. The summed E-state index contributed by atoms with van der Waals surface area (Å²) in [6.07, 6.45) is 5.42. The van der Waals surface area contributed by atoms with Gasteiger partial charge in [-0.15, -0.1) is 0 Å². The Labute approximate surface area is 105 Å². The van der Waals surface area contributed by atoms with Gasteiger partial charge in [0.2, 0.25) is 0 Å². The fourth-order valence-electron chi connectivity index (χ4n) is 2.27. The maximum Gasteiger partial charge on any atom is 0.157 e. The number of likely N-dealkylation sites (tertiary alicyclic amines) is 1. The molecule has 0 atom stereocenters. The van der Waals surface area contributed by atoms with Gasteiger partial charge in [0.25, 0.3) is 0 Å². The second-order valence-corrected chi connectivity index (χ2v) is 4.91. The van der Waals surface area contributed by atoms with Crippen molar-refractivity contribution in [3.05, 3.63) is 29.2 Å². The Kier molecular flexibility index (Phi) is 2.99. The minimum Gasteiger partial charge on any atom is -0.303 e. The number of nitrogens with zero attached hydrogens (tertiary/aromatic N) is 4. The van der Waals surface area contributed by atoms with Crippen molar-refractivity contribution in [3.63, 3.8) is 0 Å². The molecule has 0 radical (unpaired) electrons. The Balaban J connectivity index is 1.72. The van der Waals surface area contributed by atoms with Gasteiger partial charge < -0.3 is 4.90 Å². The van der Waals surface area contributed by atoms with Crippen LogP contribution in [0.15, 0.2) is 18.3 Å². The summed E-state index contributed by atoms with van der Waals surface area (Å²) in [7, 11) is 0. The first-order valence-corrected chi connectivity index (χ1v) is 6.42. The number of fused-ring (bicyclic) bond motifs is 1. The standard InChI is InChI=1S/C12H15ClN4/c13-10-3-8-17-12(9-10)14-11(15-17)4-7-16-5-1-2-6-16/h3,8-9H,1-2,4-7H2. The van der Waals surface area contributed by atoms with Crippen LogP contribution in [0.2, 0.25) is 5.02 Å². The topological polar surface area (TPSA) is 33.4 Å². The fraction of sp³-hybridized carbons (Fsp3) is 0.500. The summed E-state index contributed by atoms with van der Waals surface area (Å²) in [5, 5.41) is 5.14. The number of rotatable bonds is 3. The molecule has 2 aromatic rings. The van der Waals surface area contributed by atoms with E-state index in [1.807, 2.05) is 18.3 Å². The molecule has 17 heavy (non-hydrogen) atoms. The highest BCUT2D eigenvalue weighted by Crippen LogP contribution is 2.12. The molecule has 2 aromatic heterocycles. The fourth-order valence-corrected chi connectivity index (χ4v) is 2.43. The summed E-state index contributed by atoms with van der Waals surface area (Å²) in [5.74, 6) is 0.902. The lowest BCUT2D eigenvalue weighted by Crippen LogP contribution is -2.22. The Bertz CT molecular complexity index is 516. The minimum atomic E-state index is 0.705. The molecule has 0 aromatic carbocycles. The van der Waals surface area contributed by atoms with Crippen molar-refractivity contribution < 1.29 is 0 Å². The molecule has 5 heteroatoms. The second kappa shape index (κ2) is 4.63. The molecule has 0 aliphatic carbocycles. The molecule has 1 aliphatic rings. The third-order valence-corrected chi connectivity index (χ3v) is 3.43. The van der Waals surface area contributed by atoms with Crippen LogP contribution in [-0.2, 0) is 6.42 Å². The molecule has 90 valence electrons. The minimum absolute atomic E-state index is 0.705. The Morgan fingerprint density at radius 1 is 1.29 bits per heavy atom. The van der Waals surface area contributed by atoms with Crippen LogP contribution < -0.4 is 0 Å². The van der Waals surface area contributed by atoms with Crippen molar-refractivity contribution in [3.8, 4) is 0 Å². The first-order valence-electron chi connectivity index (χ1n) is 6.04. The molecule has 1 saturated heterocycles. The highest BCUT2D eigenvalue weighted by Gasteiger charge is 2.12. The van der Waals surface area contributed by atoms with Crippen molar-refractivity contribution in [2.45, 2.75) is 19.3 Å². The van der Waals surface area contributed by atoms with Gasteiger partial charge in [-0.25, -0.2) is 9.50 Å². The molecule has 1 fully saturated rings. The van der Waals surface area contributed by atoms with E-state index in [2.05, 4.69) is 15.0 Å². The Morgan fingerprint density at radius 3 is 2.94 bits per heavy atom. The van der Waals surface area contributed by atoms with E-state index in [0.29, 0.717) is 5.02 Å². The van der Waals surface area contributed by atoms with E-state index in [-0.39, 0.29) is 0 Å².